The lowest BCUT2D eigenvalue weighted by Crippen LogP contribution is -2.48. The van der Waals surface area contributed by atoms with Gasteiger partial charge in [0.2, 0.25) is 11.7 Å². The Labute approximate surface area is 184 Å². The maximum Gasteiger partial charge on any atom is 0.411 e. The van der Waals surface area contributed by atoms with Crippen LogP contribution in [0, 0.1) is 5.92 Å². The largest absolute Gasteiger partial charge is 0.447 e. The molecule has 2 rings (SSSR count). The first-order chi connectivity index (χ1) is 14.6. The van der Waals surface area contributed by atoms with Crippen LogP contribution in [-0.4, -0.2) is 55.3 Å². The lowest BCUT2D eigenvalue weighted by molar-refractivity contribution is -0.139. The summed E-state index contributed by atoms with van der Waals surface area (Å²) < 4.78 is 5.02. The lowest BCUT2D eigenvalue weighted by atomic mass is 9.95. The third kappa shape index (κ3) is 6.68. The molecule has 0 unspecified atom stereocenters. The van der Waals surface area contributed by atoms with Crippen LogP contribution >= 0.6 is 11.6 Å². The Morgan fingerprint density at radius 1 is 1.26 bits per heavy atom. The average Bonchev–Trinajstić information content (AvgIpc) is 3.11. The monoisotopic (exact) mass is 452 g/mol. The molecule has 0 saturated carbocycles. The van der Waals surface area contributed by atoms with Crippen molar-refractivity contribution in [2.24, 2.45) is 5.92 Å². The Hall–Kier alpha value is -3.14. The van der Waals surface area contributed by atoms with Gasteiger partial charge in [0.05, 0.1) is 23.4 Å². The Kier molecular flexibility index (Phi) is 8.38. The molecule has 1 saturated heterocycles. The van der Waals surface area contributed by atoms with Crippen LogP contribution in [0.2, 0.25) is 5.02 Å². The Balaban J connectivity index is 2.26. The van der Waals surface area contributed by atoms with E-state index in [0.717, 1.165) is 0 Å². The first-order valence-electron chi connectivity index (χ1n) is 9.74. The van der Waals surface area contributed by atoms with Gasteiger partial charge in [-0.3, -0.25) is 24.5 Å². The molecule has 2 atom stereocenters. The number of likely N-dealkylation sites (N-methyl/N-ethyl adjacent to an activating group) is 1. The number of amides is 4. The molecule has 1 fully saturated rings. The summed E-state index contributed by atoms with van der Waals surface area (Å²) in [6.45, 7) is 3.80. The van der Waals surface area contributed by atoms with E-state index in [2.05, 4.69) is 21.3 Å². The third-order valence-electron chi connectivity index (χ3n) is 4.56. The number of carbonyl (C=O) groups is 5. The van der Waals surface area contributed by atoms with E-state index in [1.54, 1.807) is 13.8 Å². The lowest BCUT2D eigenvalue weighted by Gasteiger charge is -2.20. The molecular formula is C20H25ClN4O6. The highest BCUT2D eigenvalue weighted by Gasteiger charge is 2.34. The SMILES string of the molecule is CNC(=O)C(=O)[C@H](C[C@@H]1CCNC1=O)NC(=O)c1cc(Cl)ccc1NC(=O)OC(C)C. The van der Waals surface area contributed by atoms with Crippen molar-refractivity contribution in [3.8, 4) is 0 Å². The predicted octanol–water partition coefficient (Wildman–Crippen LogP) is 1.24. The van der Waals surface area contributed by atoms with Crippen molar-refractivity contribution in [1.82, 2.24) is 16.0 Å². The van der Waals surface area contributed by atoms with E-state index < -0.39 is 35.7 Å². The molecule has 0 spiro atoms. The Bertz CT molecular complexity index is 888. The third-order valence-corrected chi connectivity index (χ3v) is 4.80. The van der Waals surface area contributed by atoms with E-state index in [0.29, 0.717) is 13.0 Å². The van der Waals surface area contributed by atoms with Crippen LogP contribution in [0.1, 0.15) is 37.0 Å². The maximum atomic E-state index is 13.0. The van der Waals surface area contributed by atoms with Crippen LogP contribution in [0.25, 0.3) is 0 Å². The number of Topliss-reactive ketones (excluding diaryl/α,β-unsaturated/α-hetero) is 1. The van der Waals surface area contributed by atoms with Gasteiger partial charge in [-0.05, 0) is 44.9 Å². The molecule has 0 aliphatic carbocycles. The number of rotatable bonds is 8. The standard InChI is InChI=1S/C20H25ClN4O6/c1-10(2)31-20(30)25-14-5-4-12(21)9-13(14)18(28)24-15(16(26)19(29)22-3)8-11-6-7-23-17(11)27/h4-5,9-11,15H,6-8H2,1-3H3,(H,22,29)(H,23,27)(H,24,28)(H,25,30)/t11-,15-/m0/s1. The Morgan fingerprint density at radius 3 is 2.55 bits per heavy atom. The van der Waals surface area contributed by atoms with E-state index >= 15 is 0 Å². The molecule has 168 valence electrons. The minimum atomic E-state index is -1.24. The fraction of sp³-hybridized carbons (Fsp3) is 0.450. The molecule has 0 bridgehead atoms. The zero-order valence-electron chi connectivity index (χ0n) is 17.4. The van der Waals surface area contributed by atoms with Gasteiger partial charge in [0.1, 0.15) is 0 Å². The summed E-state index contributed by atoms with van der Waals surface area (Å²) in [5.74, 6) is -3.29. The number of hydrogen-bond acceptors (Lipinski definition) is 6. The maximum absolute atomic E-state index is 13.0. The zero-order chi connectivity index (χ0) is 23.1. The van der Waals surface area contributed by atoms with Crippen LogP contribution in [0.5, 0.6) is 0 Å². The summed E-state index contributed by atoms with van der Waals surface area (Å²) in [7, 11) is 1.29. The molecule has 4 amide bonds. The second-order valence-corrected chi connectivity index (χ2v) is 7.69. The number of ether oxygens (including phenoxy) is 1. The van der Waals surface area contributed by atoms with Gasteiger partial charge in [-0.1, -0.05) is 11.6 Å². The van der Waals surface area contributed by atoms with Crippen LogP contribution < -0.4 is 21.3 Å². The fourth-order valence-electron chi connectivity index (χ4n) is 3.07. The van der Waals surface area contributed by atoms with Crippen molar-refractivity contribution in [1.29, 1.82) is 0 Å². The number of hydrogen-bond donors (Lipinski definition) is 4. The summed E-state index contributed by atoms with van der Waals surface area (Å²) in [6, 6.07) is 2.96. The van der Waals surface area contributed by atoms with Crippen LogP contribution in [0.3, 0.4) is 0 Å². The van der Waals surface area contributed by atoms with Gasteiger partial charge in [0.25, 0.3) is 11.8 Å². The Morgan fingerprint density at radius 2 is 1.97 bits per heavy atom. The smallest absolute Gasteiger partial charge is 0.411 e. The molecule has 1 aliphatic rings. The average molecular weight is 453 g/mol. The normalized spacial score (nSPS) is 16.3. The number of carbonyl (C=O) groups excluding carboxylic acids is 5. The molecular weight excluding hydrogens is 428 g/mol. The van der Waals surface area contributed by atoms with Gasteiger partial charge >= 0.3 is 6.09 Å². The van der Waals surface area contributed by atoms with Crippen LogP contribution in [0.15, 0.2) is 18.2 Å². The summed E-state index contributed by atoms with van der Waals surface area (Å²) >= 11 is 6.00. The molecule has 0 aromatic heterocycles. The predicted molar refractivity (Wildman–Crippen MR) is 113 cm³/mol. The molecule has 11 heteroatoms. The van der Waals surface area contributed by atoms with Crippen LogP contribution in [0.4, 0.5) is 10.5 Å². The zero-order valence-corrected chi connectivity index (χ0v) is 18.2. The van der Waals surface area contributed by atoms with Crippen LogP contribution in [-0.2, 0) is 19.1 Å². The number of halogens is 1. The molecule has 31 heavy (non-hydrogen) atoms. The summed E-state index contributed by atoms with van der Waals surface area (Å²) in [5, 5.41) is 10.1. The van der Waals surface area contributed by atoms with Crippen molar-refractivity contribution < 1.29 is 28.7 Å². The van der Waals surface area contributed by atoms with E-state index in [9.17, 15) is 24.0 Å². The number of benzene rings is 1. The van der Waals surface area contributed by atoms with E-state index in [1.165, 1.54) is 25.2 Å². The first-order valence-corrected chi connectivity index (χ1v) is 10.1. The van der Waals surface area contributed by atoms with Gasteiger partial charge in [0.15, 0.2) is 0 Å². The fourth-order valence-corrected chi connectivity index (χ4v) is 3.24. The molecule has 1 aliphatic heterocycles. The van der Waals surface area contributed by atoms with Crippen molar-refractivity contribution >= 4 is 46.9 Å². The van der Waals surface area contributed by atoms with Gasteiger partial charge in [0, 0.05) is 24.5 Å². The van der Waals surface area contributed by atoms with Crippen molar-refractivity contribution in [3.05, 3.63) is 28.8 Å². The molecule has 1 heterocycles. The van der Waals surface area contributed by atoms with Gasteiger partial charge in [-0.25, -0.2) is 4.79 Å². The molecule has 1 aromatic rings. The summed E-state index contributed by atoms with van der Waals surface area (Å²) in [4.78, 5) is 61.2. The molecule has 4 N–H and O–H groups in total. The highest BCUT2D eigenvalue weighted by molar-refractivity contribution is 6.38. The highest BCUT2D eigenvalue weighted by Crippen LogP contribution is 2.22. The summed E-state index contributed by atoms with van der Waals surface area (Å²) in [5.41, 5.74) is 0.0797. The van der Waals surface area contributed by atoms with Crippen molar-refractivity contribution in [3.63, 3.8) is 0 Å². The second kappa shape index (κ2) is 10.8. The molecule has 0 radical (unpaired) electrons. The van der Waals surface area contributed by atoms with Gasteiger partial charge in [-0.15, -0.1) is 0 Å². The van der Waals surface area contributed by atoms with E-state index in [1.807, 2.05) is 0 Å². The first kappa shape index (κ1) is 24.1. The highest BCUT2D eigenvalue weighted by atomic mass is 35.5. The van der Waals surface area contributed by atoms with Crippen molar-refractivity contribution in [2.45, 2.75) is 38.8 Å². The summed E-state index contributed by atoms with van der Waals surface area (Å²) in [6.07, 6.45) is -0.705. The van der Waals surface area contributed by atoms with Gasteiger partial charge in [-0.2, -0.15) is 0 Å². The minimum absolute atomic E-state index is 0.0289. The quantitative estimate of drug-likeness (QED) is 0.437. The van der Waals surface area contributed by atoms with E-state index in [-0.39, 0.29) is 34.7 Å². The minimum Gasteiger partial charge on any atom is -0.447 e. The number of nitrogens with one attached hydrogen (secondary N) is 4. The molecule has 1 aromatic carbocycles. The van der Waals surface area contributed by atoms with Gasteiger partial charge < -0.3 is 20.7 Å². The number of anilines is 1. The second-order valence-electron chi connectivity index (χ2n) is 7.25. The molecule has 10 nitrogen and oxygen atoms in total. The number of ketones is 1. The van der Waals surface area contributed by atoms with E-state index in [4.69, 9.17) is 16.3 Å². The van der Waals surface area contributed by atoms with Crippen molar-refractivity contribution in [2.75, 3.05) is 18.9 Å². The topological polar surface area (TPSA) is 143 Å².